The molecule has 4 heteroatoms. The zero-order chi connectivity index (χ0) is 16.9. The molecular weight excluding hydrogens is 308 g/mol. The molecule has 1 fully saturated rings. The van der Waals surface area contributed by atoms with E-state index in [-0.39, 0.29) is 4.90 Å². The Balaban J connectivity index is 1.83. The van der Waals surface area contributed by atoms with Crippen LogP contribution in [-0.2, 0) is 16.5 Å². The lowest BCUT2D eigenvalue weighted by Crippen LogP contribution is -2.14. The molecule has 0 heterocycles. The predicted molar refractivity (Wildman–Crippen MR) is 94.3 cm³/mol. The first-order valence-electron chi connectivity index (χ1n) is 8.97. The molecule has 1 aromatic carbocycles. The van der Waals surface area contributed by atoms with Crippen molar-refractivity contribution < 1.29 is 13.0 Å². The van der Waals surface area contributed by atoms with Crippen LogP contribution in [0.4, 0.5) is 0 Å². The second kappa shape index (κ2) is 8.29. The fraction of sp³-hybridized carbons (Fsp3) is 0.684. The minimum Gasteiger partial charge on any atom is -0.282 e. The Kier molecular flexibility index (Phi) is 6.66. The van der Waals surface area contributed by atoms with Gasteiger partial charge in [0.05, 0.1) is 4.90 Å². The molecule has 1 aromatic rings. The Labute approximate surface area is 141 Å². The minimum atomic E-state index is -4.10. The molecule has 1 aliphatic rings. The zero-order valence-corrected chi connectivity index (χ0v) is 15.2. The highest BCUT2D eigenvalue weighted by Gasteiger charge is 2.20. The molecule has 0 atom stereocenters. The van der Waals surface area contributed by atoms with Gasteiger partial charge in [-0.15, -0.1) is 0 Å². The van der Waals surface area contributed by atoms with Gasteiger partial charge < -0.3 is 0 Å². The number of hydrogen-bond donors (Lipinski definition) is 1. The third kappa shape index (κ3) is 5.61. The number of benzene rings is 1. The number of hydrogen-bond acceptors (Lipinski definition) is 2. The van der Waals surface area contributed by atoms with Gasteiger partial charge in [0.25, 0.3) is 10.1 Å². The molecule has 1 aliphatic carbocycles. The van der Waals surface area contributed by atoms with E-state index < -0.39 is 10.1 Å². The highest BCUT2D eigenvalue weighted by molar-refractivity contribution is 7.85. The van der Waals surface area contributed by atoms with Crippen LogP contribution in [0, 0.1) is 18.8 Å². The maximum atomic E-state index is 11.3. The summed E-state index contributed by atoms with van der Waals surface area (Å²) in [5.74, 6) is 1.79. The third-order valence-corrected chi connectivity index (χ3v) is 6.19. The Hall–Kier alpha value is -0.870. The second-order valence-electron chi connectivity index (χ2n) is 7.13. The molecule has 0 unspecified atom stereocenters. The van der Waals surface area contributed by atoms with E-state index in [2.05, 4.69) is 6.92 Å². The van der Waals surface area contributed by atoms with E-state index in [9.17, 15) is 13.0 Å². The quantitative estimate of drug-likeness (QED) is 0.698. The van der Waals surface area contributed by atoms with Gasteiger partial charge in [0, 0.05) is 0 Å². The lowest BCUT2D eigenvalue weighted by atomic mass is 9.78. The van der Waals surface area contributed by atoms with Gasteiger partial charge in [-0.3, -0.25) is 4.55 Å². The predicted octanol–water partition coefficient (Wildman–Crippen LogP) is 5.17. The molecule has 0 amide bonds. The summed E-state index contributed by atoms with van der Waals surface area (Å²) in [4.78, 5) is 0.0122. The Morgan fingerprint density at radius 3 is 2.26 bits per heavy atom. The summed E-state index contributed by atoms with van der Waals surface area (Å²) in [6, 6.07) is 4.89. The monoisotopic (exact) mass is 338 g/mol. The van der Waals surface area contributed by atoms with Crippen molar-refractivity contribution in [1.29, 1.82) is 0 Å². The first kappa shape index (κ1) is 18.5. The SMILES string of the molecule is CCC[C@H]1CC[C@H](CCCc2cc(S(=O)(=O)O)ccc2C)CC1. The summed E-state index contributed by atoms with van der Waals surface area (Å²) in [6.07, 6.45) is 11.4. The molecule has 1 N–H and O–H groups in total. The van der Waals surface area contributed by atoms with Gasteiger partial charge in [-0.25, -0.2) is 0 Å². The van der Waals surface area contributed by atoms with E-state index in [4.69, 9.17) is 0 Å². The second-order valence-corrected chi connectivity index (χ2v) is 8.55. The van der Waals surface area contributed by atoms with Crippen LogP contribution in [0.15, 0.2) is 23.1 Å². The van der Waals surface area contributed by atoms with Gasteiger partial charge in [0.1, 0.15) is 0 Å². The molecule has 0 spiro atoms. The Morgan fingerprint density at radius 1 is 1.09 bits per heavy atom. The van der Waals surface area contributed by atoms with Gasteiger partial charge in [0.15, 0.2) is 0 Å². The summed E-state index contributed by atoms with van der Waals surface area (Å²) in [5.41, 5.74) is 2.14. The lowest BCUT2D eigenvalue weighted by molar-refractivity contribution is 0.249. The summed E-state index contributed by atoms with van der Waals surface area (Å²) in [5, 5.41) is 0. The van der Waals surface area contributed by atoms with E-state index in [0.29, 0.717) is 0 Å². The third-order valence-electron chi connectivity index (χ3n) is 5.34. The minimum absolute atomic E-state index is 0.0122. The molecule has 0 saturated heterocycles. The fourth-order valence-electron chi connectivity index (χ4n) is 3.88. The summed E-state index contributed by atoms with van der Waals surface area (Å²) in [7, 11) is -4.10. The van der Waals surface area contributed by atoms with Crippen LogP contribution in [0.5, 0.6) is 0 Å². The van der Waals surface area contributed by atoms with Gasteiger partial charge in [-0.2, -0.15) is 8.42 Å². The molecule has 130 valence electrons. The zero-order valence-electron chi connectivity index (χ0n) is 14.4. The van der Waals surface area contributed by atoms with Crippen molar-refractivity contribution in [3.8, 4) is 0 Å². The average molecular weight is 339 g/mol. The van der Waals surface area contributed by atoms with Crippen LogP contribution in [0.3, 0.4) is 0 Å². The standard InChI is InChI=1S/C19H30O3S/c1-3-5-16-9-11-17(12-10-16)6-4-7-18-14-19(23(20,21)22)13-8-15(18)2/h8,13-14,16-17H,3-7,9-12H2,1-2H3,(H,20,21,22)/t16-,17-. The van der Waals surface area contributed by atoms with Crippen LogP contribution in [0.1, 0.15) is 69.4 Å². The van der Waals surface area contributed by atoms with Gasteiger partial charge >= 0.3 is 0 Å². The molecule has 23 heavy (non-hydrogen) atoms. The molecular formula is C19H30O3S. The molecule has 0 radical (unpaired) electrons. The van der Waals surface area contributed by atoms with Crippen molar-refractivity contribution in [2.24, 2.45) is 11.8 Å². The van der Waals surface area contributed by atoms with Crippen LogP contribution < -0.4 is 0 Å². The van der Waals surface area contributed by atoms with Crippen LogP contribution >= 0.6 is 0 Å². The largest absolute Gasteiger partial charge is 0.294 e. The molecule has 3 nitrogen and oxygen atoms in total. The summed E-state index contributed by atoms with van der Waals surface area (Å²) < 4.78 is 31.7. The van der Waals surface area contributed by atoms with E-state index in [0.717, 1.165) is 35.8 Å². The Bertz CT molecular complexity index is 599. The smallest absolute Gasteiger partial charge is 0.282 e. The fourth-order valence-corrected chi connectivity index (χ4v) is 4.41. The van der Waals surface area contributed by atoms with E-state index in [1.54, 1.807) is 12.1 Å². The molecule has 0 aliphatic heterocycles. The summed E-state index contributed by atoms with van der Waals surface area (Å²) >= 11 is 0. The normalized spacial score (nSPS) is 22.2. The first-order valence-corrected chi connectivity index (χ1v) is 10.4. The van der Waals surface area contributed by atoms with Gasteiger partial charge in [-0.1, -0.05) is 57.9 Å². The number of rotatable bonds is 7. The van der Waals surface area contributed by atoms with E-state index in [1.807, 2.05) is 6.92 Å². The maximum absolute atomic E-state index is 11.3. The summed E-state index contributed by atoms with van der Waals surface area (Å²) in [6.45, 7) is 4.27. The van der Waals surface area contributed by atoms with Crippen LogP contribution in [0.2, 0.25) is 0 Å². The van der Waals surface area contributed by atoms with Crippen molar-refractivity contribution in [3.63, 3.8) is 0 Å². The number of aryl methyl sites for hydroxylation is 2. The highest BCUT2D eigenvalue weighted by Crippen LogP contribution is 2.34. The van der Waals surface area contributed by atoms with Gasteiger partial charge in [-0.05, 0) is 54.9 Å². The van der Waals surface area contributed by atoms with Crippen LogP contribution in [-0.4, -0.2) is 13.0 Å². The van der Waals surface area contributed by atoms with Crippen molar-refractivity contribution in [2.45, 2.75) is 76.5 Å². The molecule has 1 saturated carbocycles. The van der Waals surface area contributed by atoms with E-state index >= 15 is 0 Å². The van der Waals surface area contributed by atoms with Crippen LogP contribution in [0.25, 0.3) is 0 Å². The van der Waals surface area contributed by atoms with Crippen molar-refractivity contribution in [2.75, 3.05) is 0 Å². The average Bonchev–Trinajstić information content (AvgIpc) is 2.50. The molecule has 2 rings (SSSR count). The molecule has 0 bridgehead atoms. The highest BCUT2D eigenvalue weighted by atomic mass is 32.2. The molecule has 0 aromatic heterocycles. The lowest BCUT2D eigenvalue weighted by Gasteiger charge is -2.28. The van der Waals surface area contributed by atoms with Crippen molar-refractivity contribution >= 4 is 10.1 Å². The first-order chi connectivity index (χ1) is 10.9. The van der Waals surface area contributed by atoms with E-state index in [1.165, 1.54) is 51.0 Å². The topological polar surface area (TPSA) is 54.4 Å². The maximum Gasteiger partial charge on any atom is 0.294 e. The van der Waals surface area contributed by atoms with Gasteiger partial charge in [0.2, 0.25) is 0 Å². The Morgan fingerprint density at radius 2 is 1.70 bits per heavy atom. The van der Waals surface area contributed by atoms with Crippen molar-refractivity contribution in [1.82, 2.24) is 0 Å². The van der Waals surface area contributed by atoms with Crippen molar-refractivity contribution in [3.05, 3.63) is 29.3 Å².